The predicted octanol–water partition coefficient (Wildman–Crippen LogP) is 2.56. The van der Waals surface area contributed by atoms with E-state index in [0.29, 0.717) is 23.4 Å². The minimum atomic E-state index is -0.558. The van der Waals surface area contributed by atoms with Gasteiger partial charge >= 0.3 is 11.9 Å². The molecule has 10 heteroatoms. The molecule has 3 aromatic heterocycles. The number of fused-ring (bicyclic) bond motifs is 3. The third kappa shape index (κ3) is 3.82. The standard InChI is InChI=1S/C22H21N5O5/c1-3-5-12-32-21(29)14-6-8-15(9-7-14)26-11-10-17-18(20(26)28)24-25-19-16(13-23-27(17)19)22(30)31-4-2/h6-11,13H,3-5,12H2,1-2H3. The minimum Gasteiger partial charge on any atom is -0.462 e. The lowest BCUT2D eigenvalue weighted by Crippen LogP contribution is -2.20. The average Bonchev–Trinajstić information content (AvgIpc) is 3.24. The molecule has 0 spiro atoms. The number of hydrogen-bond acceptors (Lipinski definition) is 8. The summed E-state index contributed by atoms with van der Waals surface area (Å²) in [6.45, 7) is 4.32. The van der Waals surface area contributed by atoms with Crippen LogP contribution in [0.5, 0.6) is 0 Å². The molecule has 1 aromatic carbocycles. The summed E-state index contributed by atoms with van der Waals surface area (Å²) in [7, 11) is 0. The van der Waals surface area contributed by atoms with Crippen LogP contribution in [-0.2, 0) is 9.47 Å². The monoisotopic (exact) mass is 435 g/mol. The fourth-order valence-electron chi connectivity index (χ4n) is 3.20. The number of benzene rings is 1. The normalized spacial score (nSPS) is 11.1. The third-order valence-corrected chi connectivity index (χ3v) is 4.87. The van der Waals surface area contributed by atoms with Crippen molar-refractivity contribution >= 4 is 28.6 Å². The van der Waals surface area contributed by atoms with Gasteiger partial charge < -0.3 is 9.47 Å². The van der Waals surface area contributed by atoms with Gasteiger partial charge in [-0.3, -0.25) is 9.36 Å². The Bertz CT molecular complexity index is 1360. The lowest BCUT2D eigenvalue weighted by Gasteiger charge is -2.09. The van der Waals surface area contributed by atoms with Gasteiger partial charge in [0.15, 0.2) is 11.2 Å². The molecule has 0 unspecified atom stereocenters. The Balaban J connectivity index is 1.68. The summed E-state index contributed by atoms with van der Waals surface area (Å²) >= 11 is 0. The summed E-state index contributed by atoms with van der Waals surface area (Å²) in [6.07, 6.45) is 4.66. The zero-order valence-electron chi connectivity index (χ0n) is 17.6. The molecule has 0 aliphatic heterocycles. The van der Waals surface area contributed by atoms with Gasteiger partial charge in [-0.2, -0.15) is 5.10 Å². The number of ether oxygens (including phenoxy) is 2. The van der Waals surface area contributed by atoms with E-state index in [9.17, 15) is 14.4 Å². The Labute approximate surface area is 182 Å². The van der Waals surface area contributed by atoms with Gasteiger partial charge in [-0.1, -0.05) is 13.3 Å². The van der Waals surface area contributed by atoms with Crippen molar-refractivity contribution in [3.8, 4) is 5.69 Å². The summed E-state index contributed by atoms with van der Waals surface area (Å²) in [6, 6.07) is 8.18. The fourth-order valence-corrected chi connectivity index (χ4v) is 3.20. The minimum absolute atomic E-state index is 0.0848. The number of pyridine rings is 1. The maximum atomic E-state index is 13.0. The van der Waals surface area contributed by atoms with Crippen molar-refractivity contribution < 1.29 is 19.1 Å². The van der Waals surface area contributed by atoms with Crippen molar-refractivity contribution in [2.24, 2.45) is 0 Å². The van der Waals surface area contributed by atoms with Gasteiger partial charge in [0.05, 0.1) is 25.0 Å². The first kappa shape index (κ1) is 21.2. The third-order valence-electron chi connectivity index (χ3n) is 4.87. The summed E-state index contributed by atoms with van der Waals surface area (Å²) in [4.78, 5) is 37.2. The van der Waals surface area contributed by atoms with Crippen LogP contribution in [0, 0.1) is 0 Å². The second-order valence-corrected chi connectivity index (χ2v) is 6.98. The largest absolute Gasteiger partial charge is 0.462 e. The molecule has 0 N–H and O–H groups in total. The maximum Gasteiger partial charge on any atom is 0.343 e. The van der Waals surface area contributed by atoms with E-state index >= 15 is 0 Å². The highest BCUT2D eigenvalue weighted by molar-refractivity contribution is 5.96. The molecule has 0 bridgehead atoms. The fraction of sp³-hybridized carbons (Fsp3) is 0.273. The summed E-state index contributed by atoms with van der Waals surface area (Å²) in [5.41, 5.74) is 1.42. The van der Waals surface area contributed by atoms with Crippen molar-refractivity contribution in [1.29, 1.82) is 0 Å². The molecular weight excluding hydrogens is 414 g/mol. The summed E-state index contributed by atoms with van der Waals surface area (Å²) in [5, 5.41) is 12.2. The van der Waals surface area contributed by atoms with E-state index in [1.54, 1.807) is 43.5 Å². The van der Waals surface area contributed by atoms with Crippen LogP contribution in [0.15, 0.2) is 47.5 Å². The highest BCUT2D eigenvalue weighted by Crippen LogP contribution is 2.16. The van der Waals surface area contributed by atoms with Crippen LogP contribution in [0.25, 0.3) is 22.4 Å². The molecule has 0 aliphatic carbocycles. The van der Waals surface area contributed by atoms with Crippen molar-refractivity contribution in [3.63, 3.8) is 0 Å². The summed E-state index contributed by atoms with van der Waals surface area (Å²) in [5.74, 6) is -0.960. The first-order valence-corrected chi connectivity index (χ1v) is 10.3. The Morgan fingerprint density at radius 2 is 1.78 bits per heavy atom. The molecule has 0 saturated heterocycles. The highest BCUT2D eigenvalue weighted by Gasteiger charge is 2.19. The van der Waals surface area contributed by atoms with E-state index in [4.69, 9.17) is 9.47 Å². The van der Waals surface area contributed by atoms with E-state index in [2.05, 4.69) is 15.3 Å². The molecule has 0 atom stereocenters. The number of rotatable bonds is 7. The van der Waals surface area contributed by atoms with Crippen LogP contribution in [0.1, 0.15) is 47.4 Å². The van der Waals surface area contributed by atoms with E-state index in [0.717, 1.165) is 12.8 Å². The Morgan fingerprint density at radius 3 is 2.50 bits per heavy atom. The maximum absolute atomic E-state index is 13.0. The zero-order valence-corrected chi connectivity index (χ0v) is 17.6. The van der Waals surface area contributed by atoms with Crippen molar-refractivity contribution in [2.45, 2.75) is 26.7 Å². The van der Waals surface area contributed by atoms with Gasteiger partial charge in [-0.15, -0.1) is 10.2 Å². The molecular formula is C22H21N5O5. The van der Waals surface area contributed by atoms with Crippen molar-refractivity contribution in [2.75, 3.05) is 13.2 Å². The van der Waals surface area contributed by atoms with E-state index < -0.39 is 17.5 Å². The number of aromatic nitrogens is 5. The van der Waals surface area contributed by atoms with Gasteiger partial charge in [0.25, 0.3) is 5.56 Å². The molecule has 0 aliphatic rings. The SMILES string of the molecule is CCCCOC(=O)c1ccc(-n2ccc3c(nnc4c(C(=O)OCC)cnn43)c2=O)cc1. The first-order valence-electron chi connectivity index (χ1n) is 10.3. The second-order valence-electron chi connectivity index (χ2n) is 6.98. The lowest BCUT2D eigenvalue weighted by molar-refractivity contribution is 0.0497. The Kier molecular flexibility index (Phi) is 5.93. The van der Waals surface area contributed by atoms with Crippen LogP contribution in [0.4, 0.5) is 0 Å². The lowest BCUT2D eigenvalue weighted by atomic mass is 10.2. The van der Waals surface area contributed by atoms with Crippen LogP contribution >= 0.6 is 0 Å². The van der Waals surface area contributed by atoms with Gasteiger partial charge in [0, 0.05) is 11.9 Å². The molecule has 32 heavy (non-hydrogen) atoms. The smallest absolute Gasteiger partial charge is 0.343 e. The molecule has 3 heterocycles. The molecule has 4 aromatic rings. The highest BCUT2D eigenvalue weighted by atomic mass is 16.5. The molecule has 0 saturated carbocycles. The van der Waals surface area contributed by atoms with Crippen LogP contribution in [0.2, 0.25) is 0 Å². The number of unbranched alkanes of at least 4 members (excludes halogenated alkanes) is 1. The zero-order chi connectivity index (χ0) is 22.7. The summed E-state index contributed by atoms with van der Waals surface area (Å²) < 4.78 is 13.0. The molecule has 4 rings (SSSR count). The number of carbonyl (C=O) groups excluding carboxylic acids is 2. The topological polar surface area (TPSA) is 118 Å². The Hall–Kier alpha value is -4.08. The van der Waals surface area contributed by atoms with Gasteiger partial charge in [0.2, 0.25) is 0 Å². The van der Waals surface area contributed by atoms with Crippen LogP contribution < -0.4 is 5.56 Å². The average molecular weight is 435 g/mol. The second kappa shape index (κ2) is 8.96. The van der Waals surface area contributed by atoms with E-state index in [-0.39, 0.29) is 23.3 Å². The van der Waals surface area contributed by atoms with Crippen molar-refractivity contribution in [1.82, 2.24) is 24.4 Å². The Morgan fingerprint density at radius 1 is 1.00 bits per heavy atom. The molecule has 10 nitrogen and oxygen atoms in total. The first-order chi connectivity index (χ1) is 15.5. The number of hydrogen-bond donors (Lipinski definition) is 0. The van der Waals surface area contributed by atoms with Crippen molar-refractivity contribution in [3.05, 3.63) is 64.2 Å². The number of nitrogens with zero attached hydrogens (tertiary/aromatic N) is 5. The van der Waals surface area contributed by atoms with Gasteiger partial charge in [0.1, 0.15) is 11.1 Å². The molecule has 0 fully saturated rings. The molecule has 0 radical (unpaired) electrons. The predicted molar refractivity (Wildman–Crippen MR) is 115 cm³/mol. The van der Waals surface area contributed by atoms with E-state index in [1.807, 2.05) is 6.92 Å². The molecule has 164 valence electrons. The molecule has 0 amide bonds. The number of esters is 2. The number of carbonyl (C=O) groups is 2. The van der Waals surface area contributed by atoms with Crippen LogP contribution in [-0.4, -0.2) is 49.5 Å². The van der Waals surface area contributed by atoms with Gasteiger partial charge in [-0.05, 0) is 43.7 Å². The van der Waals surface area contributed by atoms with Gasteiger partial charge in [-0.25, -0.2) is 14.1 Å². The van der Waals surface area contributed by atoms with Crippen LogP contribution in [0.3, 0.4) is 0 Å². The quantitative estimate of drug-likeness (QED) is 0.321. The van der Waals surface area contributed by atoms with E-state index in [1.165, 1.54) is 15.3 Å².